The van der Waals surface area contributed by atoms with Gasteiger partial charge in [0.15, 0.2) is 46.7 Å². The van der Waals surface area contributed by atoms with Crippen molar-refractivity contribution in [2.24, 2.45) is 39.9 Å². The van der Waals surface area contributed by atoms with Crippen LogP contribution < -0.4 is 0 Å². The van der Waals surface area contributed by atoms with E-state index in [1.54, 1.807) is 0 Å². The lowest BCUT2D eigenvalue weighted by Crippen LogP contribution is -2.02. The molecule has 9 rings (SSSR count). The van der Waals surface area contributed by atoms with Crippen LogP contribution in [0.3, 0.4) is 0 Å². The predicted octanol–water partition coefficient (Wildman–Crippen LogP) is 8.54. The van der Waals surface area contributed by atoms with E-state index >= 15 is 0 Å². The Labute approximate surface area is 276 Å². The Morgan fingerprint density at radius 3 is 0.447 bits per heavy atom. The molecule has 8 nitrogen and oxygen atoms in total. The van der Waals surface area contributed by atoms with Gasteiger partial charge < -0.3 is 0 Å². The average molecular weight is 619 g/mol. The lowest BCUT2D eigenvalue weighted by Gasteiger charge is -2.01. The van der Waals surface area contributed by atoms with Crippen molar-refractivity contribution in [1.29, 1.82) is 0 Å². The van der Waals surface area contributed by atoms with Crippen LogP contribution in [0.15, 0.2) is 137 Å². The molecule has 0 aliphatic carbocycles. The molecule has 0 spiro atoms. The molecule has 234 valence electrons. The Morgan fingerprint density at radius 1 is 0.234 bits per heavy atom. The number of nitrogens with zero attached hydrogens (tertiary/aromatic N) is 8. The molecule has 8 heteroatoms. The van der Waals surface area contributed by atoms with Crippen LogP contribution in [-0.2, 0) is 0 Å². The normalized spacial score (nSPS) is 15.0. The first-order valence-corrected chi connectivity index (χ1v) is 15.9. The first-order chi connectivity index (χ1) is 22.8. The van der Waals surface area contributed by atoms with E-state index in [2.05, 4.69) is 0 Å². The molecule has 4 aromatic rings. The summed E-state index contributed by atoms with van der Waals surface area (Å²) in [5.74, 6) is 4.42. The molecule has 0 amide bonds. The molecule has 0 atom stereocenters. The smallest absolute Gasteiger partial charge is 0.164 e. The number of amidine groups is 8. The van der Waals surface area contributed by atoms with E-state index in [0.717, 1.165) is 44.5 Å². The van der Waals surface area contributed by atoms with Crippen LogP contribution in [0.25, 0.3) is 0 Å². The van der Waals surface area contributed by atoms with Gasteiger partial charge in [0.05, 0.1) is 0 Å². The minimum absolute atomic E-state index is 0. The Morgan fingerprint density at radius 2 is 0.340 bits per heavy atom. The van der Waals surface area contributed by atoms with Gasteiger partial charge in [-0.05, 0) is 0 Å². The van der Waals surface area contributed by atoms with Crippen molar-refractivity contribution in [3.63, 3.8) is 0 Å². The van der Waals surface area contributed by atoms with Crippen LogP contribution in [0.2, 0.25) is 0 Å². The van der Waals surface area contributed by atoms with Crippen LogP contribution in [0.5, 0.6) is 0 Å². The molecule has 0 radical (unpaired) electrons. The van der Waals surface area contributed by atoms with Crippen LogP contribution in [-0.4, -0.2) is 46.7 Å². The van der Waals surface area contributed by atoms with Gasteiger partial charge in [-0.2, -0.15) is 0 Å². The Kier molecular flexibility index (Phi) is 9.80. The lowest BCUT2D eigenvalue weighted by molar-refractivity contribution is 1.49. The van der Waals surface area contributed by atoms with Gasteiger partial charge in [-0.1, -0.05) is 146 Å². The molecule has 0 N–H and O–H groups in total. The second-order valence-electron chi connectivity index (χ2n) is 9.67. The van der Waals surface area contributed by atoms with Crippen LogP contribution in [0.1, 0.15) is 93.5 Å². The van der Waals surface area contributed by atoms with E-state index in [1.807, 2.05) is 139 Å². The molecule has 5 aliphatic rings. The van der Waals surface area contributed by atoms with E-state index in [-0.39, 0.29) is 7.43 Å². The molecule has 4 aromatic carbocycles. The topological polar surface area (TPSA) is 98.9 Å². The van der Waals surface area contributed by atoms with Gasteiger partial charge in [-0.15, -0.1) is 0 Å². The third kappa shape index (κ3) is 5.63. The van der Waals surface area contributed by atoms with Gasteiger partial charge in [0.25, 0.3) is 0 Å². The minimum Gasteiger partial charge on any atom is -0.208 e. The summed E-state index contributed by atoms with van der Waals surface area (Å²) in [5, 5.41) is 0. The summed E-state index contributed by atoms with van der Waals surface area (Å²) >= 11 is 0. The molecule has 0 fully saturated rings. The van der Waals surface area contributed by atoms with Crippen molar-refractivity contribution in [3.8, 4) is 0 Å². The van der Waals surface area contributed by atoms with E-state index < -0.39 is 0 Å². The molecule has 0 unspecified atom stereocenters. The fourth-order valence-electron chi connectivity index (χ4n) is 5.46. The molecular weight excluding hydrogens is 580 g/mol. The number of benzene rings is 4. The van der Waals surface area contributed by atoms with E-state index in [1.165, 1.54) is 0 Å². The average Bonchev–Trinajstić information content (AvgIpc) is 3.87. The second kappa shape index (κ2) is 14.1. The first kappa shape index (κ1) is 32.6. The van der Waals surface area contributed by atoms with Crippen molar-refractivity contribution in [2.45, 2.75) is 49.0 Å². The highest BCUT2D eigenvalue weighted by Crippen LogP contribution is 2.29. The van der Waals surface area contributed by atoms with Crippen molar-refractivity contribution >= 4 is 46.7 Å². The quantitative estimate of drug-likeness (QED) is 0.189. The van der Waals surface area contributed by atoms with Gasteiger partial charge in [0.2, 0.25) is 0 Å². The molecule has 8 bridgehead atoms. The van der Waals surface area contributed by atoms with Crippen LogP contribution >= 0.6 is 0 Å². The first-order valence-electron chi connectivity index (χ1n) is 15.9. The van der Waals surface area contributed by atoms with Crippen molar-refractivity contribution in [1.82, 2.24) is 0 Å². The molecule has 47 heavy (non-hydrogen) atoms. The van der Waals surface area contributed by atoms with E-state index in [4.69, 9.17) is 39.9 Å². The number of aliphatic imine (C=N–C) groups is 8. The van der Waals surface area contributed by atoms with E-state index in [0.29, 0.717) is 46.7 Å². The summed E-state index contributed by atoms with van der Waals surface area (Å²) in [6.45, 7) is 12.0. The minimum atomic E-state index is 0. The highest BCUT2D eigenvalue weighted by molar-refractivity contribution is 6.35. The molecule has 5 aliphatic heterocycles. The largest absolute Gasteiger partial charge is 0.208 e. The maximum atomic E-state index is 4.95. The monoisotopic (exact) mass is 618 g/mol. The fourth-order valence-corrected chi connectivity index (χ4v) is 5.46. The summed E-state index contributed by atoms with van der Waals surface area (Å²) < 4.78 is 0. The van der Waals surface area contributed by atoms with Crippen molar-refractivity contribution in [3.05, 3.63) is 142 Å². The van der Waals surface area contributed by atoms with Crippen LogP contribution in [0, 0.1) is 0 Å². The predicted molar refractivity (Wildman–Crippen MR) is 199 cm³/mol. The zero-order valence-corrected chi connectivity index (χ0v) is 26.8. The highest BCUT2D eigenvalue weighted by Gasteiger charge is 2.30. The molecule has 0 saturated heterocycles. The molecule has 0 saturated carbocycles. The second-order valence-corrected chi connectivity index (χ2v) is 9.67. The van der Waals surface area contributed by atoms with Gasteiger partial charge in [0, 0.05) is 44.5 Å². The van der Waals surface area contributed by atoms with E-state index in [9.17, 15) is 0 Å². The Balaban J connectivity index is 0.000000589. The lowest BCUT2D eigenvalue weighted by atomic mass is 10.1. The Bertz CT molecular complexity index is 1790. The maximum absolute atomic E-state index is 4.95. The Hall–Kier alpha value is -5.76. The summed E-state index contributed by atoms with van der Waals surface area (Å²) in [4.78, 5) is 39.3. The van der Waals surface area contributed by atoms with Crippen molar-refractivity contribution < 1.29 is 0 Å². The van der Waals surface area contributed by atoms with Gasteiger partial charge in [-0.3, -0.25) is 0 Å². The standard InChI is InChI=1S/C32H16N8.3C2H6.CH4/c1-2-10-18-17(9-1)25-33-26(18)38-28-21-13-5-6-14-22(21)30(35-28)40-32-24-16-8-7-15-23(24)31(36-32)39-29-20-12-4-3-11-19(20)27(34-29)37-25;3*1-2;/h1-16H;3*1-2H3;1H4. The number of fused-ring (bicyclic) bond motifs is 16. The maximum Gasteiger partial charge on any atom is 0.164 e. The number of hydrogen-bond acceptors (Lipinski definition) is 8. The van der Waals surface area contributed by atoms with Gasteiger partial charge in [-0.25, -0.2) is 39.9 Å². The van der Waals surface area contributed by atoms with Crippen molar-refractivity contribution in [2.75, 3.05) is 0 Å². The summed E-state index contributed by atoms with van der Waals surface area (Å²) in [6.07, 6.45) is 0. The zero-order valence-electron chi connectivity index (χ0n) is 26.8. The van der Waals surface area contributed by atoms with Gasteiger partial charge >= 0.3 is 0 Å². The zero-order chi connectivity index (χ0) is 32.2. The third-order valence-electron chi connectivity index (χ3n) is 7.33. The summed E-state index contributed by atoms with van der Waals surface area (Å²) in [5.41, 5.74) is 7.15. The number of rotatable bonds is 0. The molecule has 5 heterocycles. The molecule has 0 aromatic heterocycles. The molecular formula is C39H38N8. The third-order valence-corrected chi connectivity index (χ3v) is 7.33. The summed E-state index contributed by atoms with van der Waals surface area (Å²) in [7, 11) is 0. The number of hydrogen-bond donors (Lipinski definition) is 0. The highest BCUT2D eigenvalue weighted by atomic mass is 15.1. The van der Waals surface area contributed by atoms with Crippen LogP contribution in [0.4, 0.5) is 0 Å². The fraction of sp³-hybridized carbons (Fsp3) is 0.179. The summed E-state index contributed by atoms with van der Waals surface area (Å²) in [6, 6.07) is 31.8. The van der Waals surface area contributed by atoms with Gasteiger partial charge in [0.1, 0.15) is 0 Å². The SMILES string of the molecule is C.CC.CC.CC.c1ccc2c(c1)C1=NC2=NC2=NC(=NC3=NC(=NC4=NC(=N1)c1ccccc14)c1ccccc13)c1ccccc12.